The molecule has 0 N–H and O–H groups in total. The molecule has 0 saturated heterocycles. The minimum atomic E-state index is -1.08. The third-order valence-corrected chi connectivity index (χ3v) is 10.8. The molecule has 1 nitrogen and oxygen atoms in total. The van der Waals surface area contributed by atoms with Crippen molar-refractivity contribution in [3.63, 3.8) is 0 Å². The van der Waals surface area contributed by atoms with Crippen LogP contribution in [0.2, 0.25) is 13.1 Å². The van der Waals surface area contributed by atoms with E-state index in [1.807, 2.05) is 6.26 Å². The second kappa shape index (κ2) is 9.48. The van der Waals surface area contributed by atoms with Crippen molar-refractivity contribution < 1.29 is 55.4 Å². The van der Waals surface area contributed by atoms with Crippen LogP contribution in [0.4, 0.5) is 0 Å². The van der Waals surface area contributed by atoms with Crippen LogP contribution in [0.15, 0.2) is 70.9 Å². The predicted octanol–water partition coefficient (Wildman–Crippen LogP) is 1.79. The smallest absolute Gasteiger partial charge is 1.00 e. The average molecular weight is 546 g/mol. The van der Waals surface area contributed by atoms with Gasteiger partial charge in [-0.2, -0.15) is 6.07 Å². The third kappa shape index (κ3) is 3.97. The van der Waals surface area contributed by atoms with E-state index in [-0.39, 0.29) is 51.0 Å². The Hall–Kier alpha value is -0.990. The Bertz CT molecular complexity index is 1250. The summed E-state index contributed by atoms with van der Waals surface area (Å²) in [6.45, 7) is 11.6. The van der Waals surface area contributed by atoms with Gasteiger partial charge in [-0.25, -0.2) is 0 Å². The van der Waals surface area contributed by atoms with E-state index in [1.54, 1.807) is 10.8 Å². The zero-order chi connectivity index (χ0) is 19.6. The minimum absolute atomic E-state index is 0. The molecule has 0 saturated carbocycles. The summed E-state index contributed by atoms with van der Waals surface area (Å²) in [5.41, 5.74) is 5.15. The Kier molecular flexibility index (Phi) is 8.03. The van der Waals surface area contributed by atoms with Gasteiger partial charge in [0.05, 0.1) is 14.3 Å². The first-order valence-corrected chi connectivity index (χ1v) is 13.3. The SMILES string of the molecule is CC(C)c1cc2c(ccc3ccccc32)[cH-]1.CC1=C2c3ccoc3C1[Si]2(C)C.[Cl-].[Cl-].[Zr+3]. The van der Waals surface area contributed by atoms with Crippen LogP contribution < -0.4 is 24.8 Å². The van der Waals surface area contributed by atoms with Crippen LogP contribution >= 0.6 is 0 Å². The first-order chi connectivity index (χ1) is 13.4. The maximum absolute atomic E-state index is 5.53. The molecule has 3 aromatic carbocycles. The van der Waals surface area contributed by atoms with Gasteiger partial charge >= 0.3 is 26.2 Å². The van der Waals surface area contributed by atoms with E-state index in [1.165, 1.54) is 38.4 Å². The van der Waals surface area contributed by atoms with Gasteiger partial charge in [-0.15, -0.1) is 28.5 Å². The zero-order valence-electron chi connectivity index (χ0n) is 18.6. The van der Waals surface area contributed by atoms with Crippen molar-refractivity contribution in [2.45, 2.75) is 45.3 Å². The van der Waals surface area contributed by atoms with Crippen molar-refractivity contribution in [1.29, 1.82) is 0 Å². The van der Waals surface area contributed by atoms with Gasteiger partial charge < -0.3 is 29.2 Å². The molecule has 0 fully saturated rings. The molecule has 0 amide bonds. The second-order valence-corrected chi connectivity index (χ2v) is 13.7. The average Bonchev–Trinajstić information content (AvgIpc) is 3.38. The van der Waals surface area contributed by atoms with Crippen molar-refractivity contribution in [1.82, 2.24) is 0 Å². The molecule has 0 spiro atoms. The summed E-state index contributed by atoms with van der Waals surface area (Å²) in [5, 5.41) is 7.11. The molecule has 7 rings (SSSR count). The van der Waals surface area contributed by atoms with Gasteiger partial charge in [0.25, 0.3) is 0 Å². The molecule has 159 valence electrons. The Balaban J connectivity index is 0.000000207. The number of rotatable bonds is 1. The van der Waals surface area contributed by atoms with Gasteiger partial charge in [0.15, 0.2) is 0 Å². The van der Waals surface area contributed by atoms with E-state index in [0.717, 1.165) is 0 Å². The van der Waals surface area contributed by atoms with E-state index in [4.69, 9.17) is 4.42 Å². The maximum Gasteiger partial charge on any atom is 3.00 e. The molecule has 1 atom stereocenters. The molecule has 1 radical (unpaired) electrons. The molecular weight excluding hydrogens is 519 g/mol. The molecule has 31 heavy (non-hydrogen) atoms. The van der Waals surface area contributed by atoms with Crippen LogP contribution in [0, 0.1) is 0 Å². The van der Waals surface area contributed by atoms with E-state index >= 15 is 0 Å². The van der Waals surface area contributed by atoms with E-state index in [2.05, 4.69) is 88.5 Å². The van der Waals surface area contributed by atoms with Gasteiger partial charge in [0.1, 0.15) is 5.76 Å². The number of hydrogen-bond donors (Lipinski definition) is 0. The number of benzene rings is 2. The third-order valence-electron chi connectivity index (χ3n) is 6.72. The molecule has 5 heteroatoms. The summed E-state index contributed by atoms with van der Waals surface area (Å²) in [4.78, 5) is 0. The molecule has 4 aromatic rings. The number of halogens is 2. The largest absolute Gasteiger partial charge is 3.00 e. The van der Waals surface area contributed by atoms with Crippen LogP contribution in [0.3, 0.4) is 0 Å². The normalized spacial score (nSPS) is 17.2. The van der Waals surface area contributed by atoms with Crippen molar-refractivity contribution in [3.8, 4) is 0 Å². The summed E-state index contributed by atoms with van der Waals surface area (Å²) in [5.74, 6) is 1.87. The van der Waals surface area contributed by atoms with Crippen LogP contribution in [-0.2, 0) is 26.2 Å². The molecule has 2 aliphatic heterocycles. The van der Waals surface area contributed by atoms with Crippen molar-refractivity contribution in [3.05, 3.63) is 83.3 Å². The summed E-state index contributed by atoms with van der Waals surface area (Å²) in [6, 6.07) is 19.8. The van der Waals surface area contributed by atoms with Crippen LogP contribution in [-0.4, -0.2) is 8.07 Å². The van der Waals surface area contributed by atoms with Gasteiger partial charge in [0, 0.05) is 11.1 Å². The summed E-state index contributed by atoms with van der Waals surface area (Å²) < 4.78 is 5.53. The molecule has 2 bridgehead atoms. The zero-order valence-corrected chi connectivity index (χ0v) is 23.6. The van der Waals surface area contributed by atoms with Gasteiger partial charge in [-0.1, -0.05) is 68.2 Å². The van der Waals surface area contributed by atoms with Gasteiger partial charge in [0.2, 0.25) is 0 Å². The maximum atomic E-state index is 5.53. The topological polar surface area (TPSA) is 13.1 Å². The molecular formula is C26H27Cl2OSiZr. The second-order valence-electron chi connectivity index (χ2n) is 9.14. The summed E-state index contributed by atoms with van der Waals surface area (Å²) in [6.07, 6.45) is 1.83. The first kappa shape index (κ1) is 26.3. The molecule has 3 aliphatic rings. The monoisotopic (exact) mass is 543 g/mol. The van der Waals surface area contributed by atoms with Gasteiger partial charge in [-0.3, -0.25) is 0 Å². The molecule has 1 unspecified atom stereocenters. The summed E-state index contributed by atoms with van der Waals surface area (Å²) >= 11 is 0. The minimum Gasteiger partial charge on any atom is -1.00 e. The van der Waals surface area contributed by atoms with Crippen molar-refractivity contribution in [2.24, 2.45) is 0 Å². The number of fused-ring (bicyclic) bond motifs is 3. The number of allylic oxidation sites excluding steroid dienone is 1. The fourth-order valence-corrected chi connectivity index (χ4v) is 9.64. The van der Waals surface area contributed by atoms with Crippen molar-refractivity contribution in [2.75, 3.05) is 0 Å². The van der Waals surface area contributed by atoms with Crippen LogP contribution in [0.25, 0.3) is 26.7 Å². The fourth-order valence-electron chi connectivity index (χ4n) is 5.42. The number of hydrogen-bond acceptors (Lipinski definition) is 1. The Morgan fingerprint density at radius 3 is 2.32 bits per heavy atom. The summed E-state index contributed by atoms with van der Waals surface area (Å²) in [7, 11) is -1.08. The van der Waals surface area contributed by atoms with E-state index < -0.39 is 8.07 Å². The first-order valence-electron chi connectivity index (χ1n) is 10.3. The van der Waals surface area contributed by atoms with Gasteiger partial charge in [-0.05, 0) is 29.5 Å². The predicted molar refractivity (Wildman–Crippen MR) is 123 cm³/mol. The van der Waals surface area contributed by atoms with Crippen LogP contribution in [0.1, 0.15) is 49.1 Å². The van der Waals surface area contributed by atoms with E-state index in [9.17, 15) is 0 Å². The van der Waals surface area contributed by atoms with Crippen LogP contribution in [0.5, 0.6) is 0 Å². The standard InChI is InChI=1S/C16H15.C10H12OSi.2ClH.Zr/c1-11(2)14-9-13-8-7-12-5-3-4-6-15(12)16(13)10-14;1-6-9-7-4-5-11-8(7)10(6)12(9,2)3;;;/h3-11H,1-2H3;4-5,10H,1-3H3;2*1H;/q-1;;;;+3/p-2. The molecule has 1 aromatic heterocycles. The Morgan fingerprint density at radius 2 is 1.68 bits per heavy atom. The quantitative estimate of drug-likeness (QED) is 0.263. The molecule has 3 heterocycles. The van der Waals surface area contributed by atoms with E-state index in [0.29, 0.717) is 11.5 Å². The van der Waals surface area contributed by atoms with Crippen molar-refractivity contribution >= 4 is 34.8 Å². The Morgan fingerprint density at radius 1 is 0.968 bits per heavy atom. The molecule has 1 aliphatic carbocycles. The Labute approximate surface area is 217 Å². The fraction of sp³-hybridized carbons (Fsp3) is 0.269. The number of furan rings is 1.